The molecule has 1 aromatic carbocycles. The number of aldehydes is 1. The minimum Gasteiger partial charge on any atom is -0.512 e. The second-order valence-corrected chi connectivity index (χ2v) is 4.50. The zero-order valence-corrected chi connectivity index (χ0v) is 9.67. The van der Waals surface area contributed by atoms with Crippen LogP contribution in [0.4, 0.5) is 0 Å². The molecule has 0 fully saturated rings. The van der Waals surface area contributed by atoms with Gasteiger partial charge in [-0.3, -0.25) is 0 Å². The normalized spacial score (nSPS) is 23.0. The SMILES string of the molecule is O=CC1(c2coc3ccccc23)C=CC=C(O)C1. The summed E-state index contributed by atoms with van der Waals surface area (Å²) >= 11 is 0. The summed E-state index contributed by atoms with van der Waals surface area (Å²) in [6.07, 6.45) is 7.85. The van der Waals surface area contributed by atoms with Gasteiger partial charge >= 0.3 is 0 Å². The van der Waals surface area contributed by atoms with Gasteiger partial charge in [0.1, 0.15) is 11.9 Å². The molecule has 18 heavy (non-hydrogen) atoms. The molecule has 1 heterocycles. The third-order valence-electron chi connectivity index (χ3n) is 3.35. The van der Waals surface area contributed by atoms with Gasteiger partial charge in [0, 0.05) is 17.4 Å². The molecule has 3 nitrogen and oxygen atoms in total. The van der Waals surface area contributed by atoms with Gasteiger partial charge in [-0.25, -0.2) is 0 Å². The summed E-state index contributed by atoms with van der Waals surface area (Å²) in [5.41, 5.74) is 0.714. The molecule has 2 aromatic rings. The van der Waals surface area contributed by atoms with Crippen LogP contribution >= 0.6 is 0 Å². The lowest BCUT2D eigenvalue weighted by Gasteiger charge is -2.25. The van der Waals surface area contributed by atoms with Crippen LogP contribution in [-0.4, -0.2) is 11.4 Å². The Balaban J connectivity index is 2.21. The van der Waals surface area contributed by atoms with Crippen molar-refractivity contribution in [2.45, 2.75) is 11.8 Å². The zero-order chi connectivity index (χ0) is 12.6. The number of aliphatic hydroxyl groups excluding tert-OH is 1. The number of para-hydroxylation sites is 1. The van der Waals surface area contributed by atoms with Crippen LogP contribution in [0, 0.1) is 0 Å². The number of hydrogen-bond acceptors (Lipinski definition) is 3. The van der Waals surface area contributed by atoms with Crippen LogP contribution in [0.15, 0.2) is 58.9 Å². The van der Waals surface area contributed by atoms with Gasteiger partial charge in [0.2, 0.25) is 0 Å². The molecule has 3 rings (SSSR count). The maximum Gasteiger partial charge on any atom is 0.134 e. The van der Waals surface area contributed by atoms with Crippen LogP contribution in [0.25, 0.3) is 11.0 Å². The van der Waals surface area contributed by atoms with Crippen molar-refractivity contribution in [1.82, 2.24) is 0 Å². The van der Waals surface area contributed by atoms with Crippen molar-refractivity contribution < 1.29 is 14.3 Å². The quantitative estimate of drug-likeness (QED) is 0.819. The second kappa shape index (κ2) is 3.88. The summed E-state index contributed by atoms with van der Waals surface area (Å²) < 4.78 is 5.47. The standard InChI is InChI=1S/C15H12O3/c16-10-15(7-3-4-11(17)8-15)13-9-18-14-6-2-1-5-12(13)14/h1-7,9-10,17H,8H2. The highest BCUT2D eigenvalue weighted by atomic mass is 16.3. The first-order valence-corrected chi connectivity index (χ1v) is 5.75. The van der Waals surface area contributed by atoms with Crippen molar-refractivity contribution in [3.05, 3.63) is 60.1 Å². The molecular formula is C15H12O3. The van der Waals surface area contributed by atoms with E-state index in [9.17, 15) is 9.90 Å². The van der Waals surface area contributed by atoms with Gasteiger partial charge in [0.25, 0.3) is 0 Å². The van der Waals surface area contributed by atoms with Crippen LogP contribution in [-0.2, 0) is 10.2 Å². The molecular weight excluding hydrogens is 228 g/mol. The molecule has 0 amide bonds. The molecule has 0 spiro atoms. The van der Waals surface area contributed by atoms with E-state index in [1.165, 1.54) is 0 Å². The van der Waals surface area contributed by atoms with Gasteiger partial charge in [-0.1, -0.05) is 30.4 Å². The van der Waals surface area contributed by atoms with E-state index < -0.39 is 5.41 Å². The Labute approximate surface area is 104 Å². The fourth-order valence-electron chi connectivity index (χ4n) is 2.42. The van der Waals surface area contributed by atoms with Crippen molar-refractivity contribution in [3.63, 3.8) is 0 Å². The molecule has 0 saturated carbocycles. The number of hydrogen-bond donors (Lipinski definition) is 1. The molecule has 0 bridgehead atoms. The number of furan rings is 1. The largest absolute Gasteiger partial charge is 0.512 e. The molecule has 1 unspecified atom stereocenters. The maximum atomic E-state index is 11.5. The highest BCUT2D eigenvalue weighted by Crippen LogP contribution is 2.38. The molecule has 90 valence electrons. The van der Waals surface area contributed by atoms with Gasteiger partial charge in [0.15, 0.2) is 0 Å². The molecule has 0 aliphatic heterocycles. The Morgan fingerprint density at radius 3 is 2.94 bits per heavy atom. The Bertz CT molecular complexity index is 663. The Morgan fingerprint density at radius 2 is 2.17 bits per heavy atom. The number of carbonyl (C=O) groups excluding carboxylic acids is 1. The number of fused-ring (bicyclic) bond motifs is 1. The van der Waals surface area contributed by atoms with Crippen molar-refractivity contribution in [1.29, 1.82) is 0 Å². The first-order valence-electron chi connectivity index (χ1n) is 5.75. The van der Waals surface area contributed by atoms with E-state index in [1.54, 1.807) is 24.5 Å². The van der Waals surface area contributed by atoms with E-state index in [0.29, 0.717) is 0 Å². The van der Waals surface area contributed by atoms with Crippen LogP contribution in [0.2, 0.25) is 0 Å². The second-order valence-electron chi connectivity index (χ2n) is 4.50. The summed E-state index contributed by atoms with van der Waals surface area (Å²) in [5.74, 6) is 0.204. The first kappa shape index (κ1) is 10.8. The van der Waals surface area contributed by atoms with Gasteiger partial charge < -0.3 is 14.3 Å². The topological polar surface area (TPSA) is 50.4 Å². The number of rotatable bonds is 2. The Kier molecular flexibility index (Phi) is 2.33. The van der Waals surface area contributed by atoms with E-state index in [0.717, 1.165) is 22.8 Å². The summed E-state index contributed by atoms with van der Waals surface area (Å²) in [7, 11) is 0. The lowest BCUT2D eigenvalue weighted by molar-refractivity contribution is -0.111. The van der Waals surface area contributed by atoms with Gasteiger partial charge in [-0.2, -0.15) is 0 Å². The third-order valence-corrected chi connectivity index (χ3v) is 3.35. The van der Waals surface area contributed by atoms with Gasteiger partial charge in [0.05, 0.1) is 17.4 Å². The number of aliphatic hydroxyl groups is 1. The van der Waals surface area contributed by atoms with E-state index >= 15 is 0 Å². The molecule has 1 aliphatic rings. The number of carbonyl (C=O) groups is 1. The maximum absolute atomic E-state index is 11.5. The van der Waals surface area contributed by atoms with E-state index in [2.05, 4.69) is 0 Å². The minimum absolute atomic E-state index is 0.204. The molecule has 1 N–H and O–H groups in total. The third kappa shape index (κ3) is 1.48. The van der Waals surface area contributed by atoms with Crippen LogP contribution in [0.1, 0.15) is 12.0 Å². The summed E-state index contributed by atoms with van der Waals surface area (Å²) in [4.78, 5) is 11.5. The van der Waals surface area contributed by atoms with Gasteiger partial charge in [-0.05, 0) is 12.1 Å². The predicted octanol–water partition coefficient (Wildman–Crippen LogP) is 3.27. The van der Waals surface area contributed by atoms with E-state index in [1.807, 2.05) is 24.3 Å². The molecule has 0 saturated heterocycles. The van der Waals surface area contributed by atoms with E-state index in [4.69, 9.17) is 4.42 Å². The van der Waals surface area contributed by atoms with Crippen LogP contribution in [0.3, 0.4) is 0 Å². The van der Waals surface area contributed by atoms with Crippen molar-refractivity contribution in [2.75, 3.05) is 0 Å². The van der Waals surface area contributed by atoms with Gasteiger partial charge in [-0.15, -0.1) is 0 Å². The van der Waals surface area contributed by atoms with E-state index in [-0.39, 0.29) is 12.2 Å². The Morgan fingerprint density at radius 1 is 1.33 bits per heavy atom. The highest BCUT2D eigenvalue weighted by molar-refractivity contribution is 5.88. The average molecular weight is 240 g/mol. The minimum atomic E-state index is -0.828. The summed E-state index contributed by atoms with van der Waals surface area (Å²) in [6, 6.07) is 7.57. The lowest BCUT2D eigenvalue weighted by Crippen LogP contribution is -2.27. The fraction of sp³-hybridized carbons (Fsp3) is 0.133. The lowest BCUT2D eigenvalue weighted by atomic mass is 9.76. The summed E-state index contributed by atoms with van der Waals surface area (Å²) in [5, 5.41) is 10.6. The average Bonchev–Trinajstić information content (AvgIpc) is 2.83. The van der Waals surface area contributed by atoms with Crippen molar-refractivity contribution >= 4 is 17.3 Å². The summed E-state index contributed by atoms with van der Waals surface area (Å²) in [6.45, 7) is 0. The highest BCUT2D eigenvalue weighted by Gasteiger charge is 2.34. The van der Waals surface area contributed by atoms with Crippen LogP contribution < -0.4 is 0 Å². The first-order chi connectivity index (χ1) is 8.75. The number of allylic oxidation sites excluding steroid dienone is 4. The fourth-order valence-corrected chi connectivity index (χ4v) is 2.42. The predicted molar refractivity (Wildman–Crippen MR) is 68.4 cm³/mol. The molecule has 3 heteroatoms. The van der Waals surface area contributed by atoms with Crippen molar-refractivity contribution in [3.8, 4) is 0 Å². The smallest absolute Gasteiger partial charge is 0.134 e. The molecule has 0 radical (unpaired) electrons. The Hall–Kier alpha value is -2.29. The van der Waals surface area contributed by atoms with Crippen molar-refractivity contribution in [2.24, 2.45) is 0 Å². The molecule has 1 aromatic heterocycles. The molecule has 1 aliphatic carbocycles. The monoisotopic (exact) mass is 240 g/mol. The van der Waals surface area contributed by atoms with Crippen LogP contribution in [0.5, 0.6) is 0 Å². The molecule has 1 atom stereocenters. The number of benzene rings is 1. The zero-order valence-electron chi connectivity index (χ0n) is 9.67.